The number of esters is 1. The van der Waals surface area contributed by atoms with E-state index < -0.39 is 15.8 Å². The molecule has 2 aromatic rings. The Labute approximate surface area is 158 Å². The molecular weight excluding hydrogens is 368 g/mol. The Bertz CT molecular complexity index is 928. The molecule has 0 radical (unpaired) electrons. The summed E-state index contributed by atoms with van der Waals surface area (Å²) in [6.45, 7) is 1.15. The number of hydrogen-bond donors (Lipinski definition) is 0. The van der Waals surface area contributed by atoms with Crippen LogP contribution in [-0.4, -0.2) is 33.0 Å². The second-order valence-electron chi connectivity index (χ2n) is 5.91. The molecule has 0 aromatic heterocycles. The molecule has 0 spiro atoms. The van der Waals surface area contributed by atoms with Gasteiger partial charge in [-0.25, -0.2) is 8.42 Å². The third-order valence-electron chi connectivity index (χ3n) is 3.40. The summed E-state index contributed by atoms with van der Waals surface area (Å²) in [5.74, 6) is -0.0345. The van der Waals surface area contributed by atoms with E-state index in [4.69, 9.17) is 9.47 Å². The van der Waals surface area contributed by atoms with E-state index in [0.717, 1.165) is 6.26 Å². The molecule has 7 heteroatoms. The molecule has 0 heterocycles. The first-order valence-electron chi connectivity index (χ1n) is 8.13. The van der Waals surface area contributed by atoms with Crippen molar-refractivity contribution in [1.29, 1.82) is 0 Å². The molecule has 0 N–H and O–H groups in total. The maximum atomic E-state index is 11.6. The van der Waals surface area contributed by atoms with Crippen LogP contribution in [0.2, 0.25) is 0 Å². The molecule has 0 saturated heterocycles. The van der Waals surface area contributed by atoms with E-state index in [1.807, 2.05) is 6.07 Å². The number of sulfone groups is 1. The van der Waals surface area contributed by atoms with Crippen molar-refractivity contribution in [3.63, 3.8) is 0 Å². The smallest absolute Gasteiger partial charge is 0.313 e. The van der Waals surface area contributed by atoms with E-state index in [1.165, 1.54) is 19.1 Å². The van der Waals surface area contributed by atoms with Gasteiger partial charge in [-0.05, 0) is 42.8 Å². The normalized spacial score (nSPS) is 11.7. The van der Waals surface area contributed by atoms with E-state index in [0.29, 0.717) is 17.1 Å². The van der Waals surface area contributed by atoms with Crippen LogP contribution in [0.15, 0.2) is 65.3 Å². The fraction of sp³-hybridized carbons (Fsp3) is 0.200. The summed E-state index contributed by atoms with van der Waals surface area (Å²) < 4.78 is 33.9. The molecule has 0 aliphatic carbocycles. The van der Waals surface area contributed by atoms with Crippen molar-refractivity contribution in [2.75, 3.05) is 12.9 Å². The van der Waals surface area contributed by atoms with Crippen molar-refractivity contribution < 1.29 is 27.5 Å². The third kappa shape index (κ3) is 7.07. The second-order valence-corrected chi connectivity index (χ2v) is 7.92. The summed E-state index contributed by atoms with van der Waals surface area (Å²) in [6, 6.07) is 15.2. The lowest BCUT2D eigenvalue weighted by Crippen LogP contribution is -2.13. The molecule has 0 amide bonds. The Morgan fingerprint density at radius 2 is 1.63 bits per heavy atom. The van der Waals surface area contributed by atoms with E-state index in [9.17, 15) is 18.0 Å². The zero-order chi connectivity index (χ0) is 19.9. The average Bonchev–Trinajstić information content (AvgIpc) is 2.60. The largest absolute Gasteiger partial charge is 0.458 e. The van der Waals surface area contributed by atoms with Gasteiger partial charge >= 0.3 is 5.97 Å². The van der Waals surface area contributed by atoms with E-state index in [1.54, 1.807) is 42.5 Å². The van der Waals surface area contributed by atoms with Gasteiger partial charge in [-0.1, -0.05) is 30.3 Å². The fourth-order valence-corrected chi connectivity index (χ4v) is 2.77. The maximum Gasteiger partial charge on any atom is 0.313 e. The van der Waals surface area contributed by atoms with Gasteiger partial charge in [-0.2, -0.15) is 0 Å². The van der Waals surface area contributed by atoms with Crippen molar-refractivity contribution >= 4 is 27.7 Å². The van der Waals surface area contributed by atoms with Gasteiger partial charge in [0.25, 0.3) is 0 Å². The van der Waals surface area contributed by atoms with Crippen LogP contribution in [0.3, 0.4) is 0 Å². The highest BCUT2D eigenvalue weighted by atomic mass is 32.2. The van der Waals surface area contributed by atoms with Crippen LogP contribution in [0.5, 0.6) is 5.75 Å². The Morgan fingerprint density at radius 1 is 1.00 bits per heavy atom. The quantitative estimate of drug-likeness (QED) is 0.392. The zero-order valence-electron chi connectivity index (χ0n) is 15.0. The van der Waals surface area contributed by atoms with Crippen molar-refractivity contribution in [1.82, 2.24) is 0 Å². The minimum absolute atomic E-state index is 0.158. The highest BCUT2D eigenvalue weighted by Crippen LogP contribution is 2.17. The standard InChI is InChI=1S/C20H20O6S/c1-15(21)12-20(22)25-14-18(26-17-6-4-3-5-7-17)13-16-8-10-19(11-9-16)27(2,23)24/h3-11,13H,12,14H2,1-2H3/b18-13+. The van der Waals surface area contributed by atoms with Gasteiger partial charge in [-0.15, -0.1) is 0 Å². The molecule has 27 heavy (non-hydrogen) atoms. The molecule has 2 aromatic carbocycles. The molecular formula is C20H20O6S. The number of benzene rings is 2. The third-order valence-corrected chi connectivity index (χ3v) is 4.53. The Kier molecular flexibility index (Phi) is 6.90. The Morgan fingerprint density at radius 3 is 2.19 bits per heavy atom. The van der Waals surface area contributed by atoms with Crippen LogP contribution >= 0.6 is 0 Å². The maximum absolute atomic E-state index is 11.6. The highest BCUT2D eigenvalue weighted by molar-refractivity contribution is 7.90. The number of hydrogen-bond acceptors (Lipinski definition) is 6. The summed E-state index contributed by atoms with van der Waals surface area (Å²) in [4.78, 5) is 22.8. The van der Waals surface area contributed by atoms with Crippen LogP contribution in [0.1, 0.15) is 18.9 Å². The molecule has 0 unspecified atom stereocenters. The summed E-state index contributed by atoms with van der Waals surface area (Å²) in [5.41, 5.74) is 0.677. The van der Waals surface area contributed by atoms with E-state index in [2.05, 4.69) is 0 Å². The molecule has 6 nitrogen and oxygen atoms in total. The van der Waals surface area contributed by atoms with Gasteiger partial charge in [-0.3, -0.25) is 9.59 Å². The summed E-state index contributed by atoms with van der Waals surface area (Å²) in [7, 11) is -3.28. The zero-order valence-corrected chi connectivity index (χ0v) is 15.9. The van der Waals surface area contributed by atoms with Crippen LogP contribution in [-0.2, 0) is 24.2 Å². The lowest BCUT2D eigenvalue weighted by atomic mass is 10.2. The molecule has 0 bridgehead atoms. The Hall–Kier alpha value is -2.93. The highest BCUT2D eigenvalue weighted by Gasteiger charge is 2.10. The van der Waals surface area contributed by atoms with E-state index >= 15 is 0 Å². The number of carbonyl (C=O) groups excluding carboxylic acids is 2. The van der Waals surface area contributed by atoms with Gasteiger partial charge in [0, 0.05) is 6.26 Å². The molecule has 0 atom stereocenters. The van der Waals surface area contributed by atoms with Gasteiger partial charge in [0.05, 0.1) is 4.90 Å². The van der Waals surface area contributed by atoms with Crippen LogP contribution < -0.4 is 4.74 Å². The predicted molar refractivity (Wildman–Crippen MR) is 101 cm³/mol. The molecule has 0 fully saturated rings. The van der Waals surface area contributed by atoms with Crippen molar-refractivity contribution in [2.45, 2.75) is 18.2 Å². The topological polar surface area (TPSA) is 86.7 Å². The first-order chi connectivity index (χ1) is 12.7. The molecule has 2 rings (SSSR count). The minimum Gasteiger partial charge on any atom is -0.458 e. The van der Waals surface area contributed by atoms with Crippen LogP contribution in [0.4, 0.5) is 0 Å². The fourth-order valence-electron chi connectivity index (χ4n) is 2.14. The van der Waals surface area contributed by atoms with Gasteiger partial charge < -0.3 is 9.47 Å². The molecule has 0 aliphatic heterocycles. The number of rotatable bonds is 8. The van der Waals surface area contributed by atoms with E-state index in [-0.39, 0.29) is 23.7 Å². The Balaban J connectivity index is 2.20. The SMILES string of the molecule is CC(=O)CC(=O)OC/C(=C\c1ccc(S(C)(=O)=O)cc1)Oc1ccccc1. The number of Topliss-reactive ketones (excluding diaryl/α,β-unsaturated/α-hetero) is 1. The lowest BCUT2D eigenvalue weighted by Gasteiger charge is -2.11. The number of ketones is 1. The monoisotopic (exact) mass is 388 g/mol. The summed E-state index contributed by atoms with van der Waals surface area (Å²) in [5, 5.41) is 0. The predicted octanol–water partition coefficient (Wildman–Crippen LogP) is 3.03. The number of para-hydroxylation sites is 1. The lowest BCUT2D eigenvalue weighted by molar-refractivity contribution is -0.145. The molecule has 0 aliphatic rings. The summed E-state index contributed by atoms with van der Waals surface area (Å²) >= 11 is 0. The van der Waals surface area contributed by atoms with Gasteiger partial charge in [0.2, 0.25) is 0 Å². The summed E-state index contributed by atoms with van der Waals surface area (Å²) in [6.07, 6.45) is 2.47. The first-order valence-corrected chi connectivity index (χ1v) is 10.0. The van der Waals surface area contributed by atoms with Crippen LogP contribution in [0, 0.1) is 0 Å². The molecule has 142 valence electrons. The molecule has 0 saturated carbocycles. The second kappa shape index (κ2) is 9.14. The van der Waals surface area contributed by atoms with Gasteiger partial charge in [0.1, 0.15) is 30.3 Å². The van der Waals surface area contributed by atoms with Crippen molar-refractivity contribution in [3.05, 3.63) is 65.9 Å². The minimum atomic E-state index is -3.28. The van der Waals surface area contributed by atoms with Crippen molar-refractivity contribution in [3.8, 4) is 5.75 Å². The van der Waals surface area contributed by atoms with Gasteiger partial charge in [0.15, 0.2) is 9.84 Å². The average molecular weight is 388 g/mol. The first kappa shape index (κ1) is 20.4. The number of ether oxygens (including phenoxy) is 2. The van der Waals surface area contributed by atoms with Crippen molar-refractivity contribution in [2.24, 2.45) is 0 Å². The van der Waals surface area contributed by atoms with Crippen LogP contribution in [0.25, 0.3) is 6.08 Å². The number of carbonyl (C=O) groups is 2.